The first-order valence-corrected chi connectivity index (χ1v) is 13.5. The van der Waals surface area contributed by atoms with Crippen molar-refractivity contribution in [3.05, 3.63) is 42.2 Å². The molecule has 0 spiro atoms. The number of hydrogen-bond acceptors (Lipinski definition) is 8. The van der Waals surface area contributed by atoms with E-state index in [9.17, 15) is 14.0 Å². The molecule has 0 radical (unpaired) electrons. The average molecular weight is 538 g/mol. The molecule has 0 bridgehead atoms. The standard InChI is InChI=1S/C26H32FN9O3/c27-19-14-28-8-7-20(19)33-25(37)22-15-29-24-21(30-16-1-2-16)13-23(34-36(22)24)31-17-3-5-18(6-4-17)32-26(38)35-9-11-39-12-10-35/h7-8,13-18,30H,1-6,9-12H2,(H,31,34)(H,32,38)(H,28,33,37). The number of imidazole rings is 1. The van der Waals surface area contributed by atoms with E-state index in [0.717, 1.165) is 50.4 Å². The molecular weight excluding hydrogens is 505 g/mol. The third kappa shape index (κ3) is 5.87. The molecule has 3 aromatic rings. The molecule has 4 N–H and O–H groups in total. The summed E-state index contributed by atoms with van der Waals surface area (Å²) in [5.41, 5.74) is 1.55. The number of carbonyl (C=O) groups is 2. The van der Waals surface area contributed by atoms with Crippen LogP contribution in [0.3, 0.4) is 0 Å². The van der Waals surface area contributed by atoms with Gasteiger partial charge < -0.3 is 30.9 Å². The molecule has 39 heavy (non-hydrogen) atoms. The van der Waals surface area contributed by atoms with Crippen molar-refractivity contribution in [1.82, 2.24) is 29.8 Å². The van der Waals surface area contributed by atoms with Gasteiger partial charge in [-0.05, 0) is 44.6 Å². The molecule has 2 aliphatic carbocycles. The van der Waals surface area contributed by atoms with Crippen LogP contribution in [0.5, 0.6) is 0 Å². The Morgan fingerprint density at radius 2 is 1.67 bits per heavy atom. The lowest BCUT2D eigenvalue weighted by atomic mass is 9.91. The van der Waals surface area contributed by atoms with Gasteiger partial charge in [-0.15, -0.1) is 5.10 Å². The number of rotatable bonds is 7. The van der Waals surface area contributed by atoms with Crippen LogP contribution < -0.4 is 21.3 Å². The molecule has 0 unspecified atom stereocenters. The lowest BCUT2D eigenvalue weighted by Gasteiger charge is -2.33. The lowest BCUT2D eigenvalue weighted by molar-refractivity contribution is 0.0521. The van der Waals surface area contributed by atoms with Crippen LogP contribution in [0.15, 0.2) is 30.7 Å². The second-order valence-electron chi connectivity index (χ2n) is 10.3. The van der Waals surface area contributed by atoms with Crippen LogP contribution in [-0.2, 0) is 4.74 Å². The molecule has 0 aromatic carbocycles. The molecule has 13 heteroatoms. The van der Waals surface area contributed by atoms with E-state index in [-0.39, 0.29) is 29.5 Å². The summed E-state index contributed by atoms with van der Waals surface area (Å²) in [4.78, 5) is 35.6. The molecule has 12 nitrogen and oxygen atoms in total. The molecule has 4 heterocycles. The number of anilines is 3. The first-order valence-electron chi connectivity index (χ1n) is 13.5. The minimum absolute atomic E-state index is 0.0184. The van der Waals surface area contributed by atoms with Gasteiger partial charge in [0.25, 0.3) is 5.91 Å². The number of carbonyl (C=O) groups excluding carboxylic acids is 2. The van der Waals surface area contributed by atoms with Gasteiger partial charge in [-0.2, -0.15) is 0 Å². The third-order valence-electron chi connectivity index (χ3n) is 7.36. The Kier molecular flexibility index (Phi) is 7.14. The van der Waals surface area contributed by atoms with Crippen molar-refractivity contribution in [2.24, 2.45) is 0 Å². The number of halogens is 1. The van der Waals surface area contributed by atoms with Crippen LogP contribution in [0.2, 0.25) is 0 Å². The first kappa shape index (κ1) is 25.3. The van der Waals surface area contributed by atoms with Crippen LogP contribution in [0.1, 0.15) is 49.0 Å². The van der Waals surface area contributed by atoms with Crippen LogP contribution in [0.4, 0.5) is 26.4 Å². The highest BCUT2D eigenvalue weighted by molar-refractivity contribution is 6.03. The van der Waals surface area contributed by atoms with Crippen LogP contribution in [0.25, 0.3) is 5.65 Å². The summed E-state index contributed by atoms with van der Waals surface area (Å²) in [6, 6.07) is 3.99. The topological polar surface area (TPSA) is 138 Å². The minimum Gasteiger partial charge on any atom is -0.379 e. The summed E-state index contributed by atoms with van der Waals surface area (Å²) in [6.45, 7) is 2.42. The Labute approximate surface area is 224 Å². The van der Waals surface area contributed by atoms with Crippen LogP contribution in [0, 0.1) is 5.82 Å². The number of urea groups is 1. The smallest absolute Gasteiger partial charge is 0.317 e. The first-order chi connectivity index (χ1) is 19.0. The summed E-state index contributed by atoms with van der Waals surface area (Å²) < 4.78 is 20.9. The number of morpholine rings is 1. The maximum atomic E-state index is 14.1. The van der Waals surface area contributed by atoms with Crippen molar-refractivity contribution in [3.8, 4) is 0 Å². The van der Waals surface area contributed by atoms with Gasteiger partial charge in [0, 0.05) is 43.5 Å². The number of pyridine rings is 1. The molecule has 1 saturated heterocycles. The monoisotopic (exact) mass is 537 g/mol. The highest BCUT2D eigenvalue weighted by Crippen LogP contribution is 2.30. The average Bonchev–Trinajstić information content (AvgIpc) is 3.66. The fourth-order valence-electron chi connectivity index (χ4n) is 5.03. The number of hydrogen-bond donors (Lipinski definition) is 4. The Bertz CT molecular complexity index is 1350. The highest BCUT2D eigenvalue weighted by Gasteiger charge is 2.27. The maximum Gasteiger partial charge on any atom is 0.317 e. The summed E-state index contributed by atoms with van der Waals surface area (Å²) in [7, 11) is 0. The molecule has 2 saturated carbocycles. The molecule has 1 aliphatic heterocycles. The number of aromatic nitrogens is 4. The Balaban J connectivity index is 1.14. The predicted octanol–water partition coefficient (Wildman–Crippen LogP) is 2.85. The van der Waals surface area contributed by atoms with Crippen molar-refractivity contribution in [3.63, 3.8) is 0 Å². The zero-order valence-corrected chi connectivity index (χ0v) is 21.5. The van der Waals surface area contributed by atoms with Crippen molar-refractivity contribution in [2.75, 3.05) is 42.3 Å². The van der Waals surface area contributed by atoms with Crippen molar-refractivity contribution >= 4 is 34.8 Å². The largest absolute Gasteiger partial charge is 0.379 e. The van der Waals surface area contributed by atoms with Gasteiger partial charge in [0.1, 0.15) is 5.82 Å². The second-order valence-corrected chi connectivity index (χ2v) is 10.3. The summed E-state index contributed by atoms with van der Waals surface area (Å²) in [5, 5.41) is 17.4. The number of fused-ring (bicyclic) bond motifs is 1. The van der Waals surface area contributed by atoms with Gasteiger partial charge in [0.2, 0.25) is 0 Å². The fourth-order valence-corrected chi connectivity index (χ4v) is 5.03. The number of nitrogens with zero attached hydrogens (tertiary/aromatic N) is 5. The summed E-state index contributed by atoms with van der Waals surface area (Å²) in [5.74, 6) is -0.525. The number of ether oxygens (including phenoxy) is 1. The van der Waals surface area contributed by atoms with E-state index in [0.29, 0.717) is 43.8 Å². The maximum absolute atomic E-state index is 14.1. The normalized spacial score (nSPS) is 21.4. The molecule has 3 aromatic heterocycles. The van der Waals surface area contributed by atoms with E-state index >= 15 is 0 Å². The molecule has 206 valence electrons. The van der Waals surface area contributed by atoms with Gasteiger partial charge in [0.05, 0.1) is 37.0 Å². The molecule has 6 rings (SSSR count). The second kappa shape index (κ2) is 11.0. The van der Waals surface area contributed by atoms with E-state index in [1.54, 1.807) is 0 Å². The summed E-state index contributed by atoms with van der Waals surface area (Å²) in [6.07, 6.45) is 9.52. The van der Waals surface area contributed by atoms with E-state index < -0.39 is 11.7 Å². The van der Waals surface area contributed by atoms with Gasteiger partial charge >= 0.3 is 6.03 Å². The Hall–Kier alpha value is -4.00. The van der Waals surface area contributed by atoms with Crippen molar-refractivity contribution in [2.45, 2.75) is 56.7 Å². The molecular formula is C26H32FN9O3. The van der Waals surface area contributed by atoms with Gasteiger partial charge in [-0.25, -0.2) is 18.7 Å². The van der Waals surface area contributed by atoms with E-state index in [1.807, 2.05) is 11.0 Å². The number of nitrogens with one attached hydrogen (secondary N) is 4. The van der Waals surface area contributed by atoms with Gasteiger partial charge in [-0.3, -0.25) is 9.78 Å². The predicted molar refractivity (Wildman–Crippen MR) is 142 cm³/mol. The Morgan fingerprint density at radius 3 is 2.41 bits per heavy atom. The molecule has 3 amide bonds. The third-order valence-corrected chi connectivity index (χ3v) is 7.36. The Morgan fingerprint density at radius 1 is 0.949 bits per heavy atom. The van der Waals surface area contributed by atoms with Crippen molar-refractivity contribution in [1.29, 1.82) is 0 Å². The minimum atomic E-state index is -0.622. The fraction of sp³-hybridized carbons (Fsp3) is 0.500. The molecule has 3 aliphatic rings. The van der Waals surface area contributed by atoms with Crippen LogP contribution >= 0.6 is 0 Å². The molecule has 0 atom stereocenters. The quantitative estimate of drug-likeness (QED) is 0.361. The summed E-state index contributed by atoms with van der Waals surface area (Å²) >= 11 is 0. The van der Waals surface area contributed by atoms with Crippen molar-refractivity contribution < 1.29 is 18.7 Å². The zero-order chi connectivity index (χ0) is 26.8. The highest BCUT2D eigenvalue weighted by atomic mass is 19.1. The van der Waals surface area contributed by atoms with E-state index in [4.69, 9.17) is 4.74 Å². The van der Waals surface area contributed by atoms with E-state index in [1.165, 1.54) is 23.0 Å². The lowest BCUT2D eigenvalue weighted by Crippen LogP contribution is -2.50. The number of amides is 3. The zero-order valence-electron chi connectivity index (χ0n) is 21.5. The van der Waals surface area contributed by atoms with Gasteiger partial charge in [-0.1, -0.05) is 0 Å². The van der Waals surface area contributed by atoms with Crippen LogP contribution in [-0.4, -0.2) is 80.8 Å². The van der Waals surface area contributed by atoms with Gasteiger partial charge in [0.15, 0.2) is 17.2 Å². The van der Waals surface area contributed by atoms with E-state index in [2.05, 4.69) is 36.3 Å². The molecule has 3 fully saturated rings. The SMILES string of the molecule is O=C(Nc1ccncc1F)c1cnc2c(NC3CC3)cc(NC3CCC(NC(=O)N4CCOCC4)CC3)nn12.